The minimum Gasteiger partial charge on any atom is -0.335 e. The summed E-state index contributed by atoms with van der Waals surface area (Å²) in [6, 6.07) is 5.53. The van der Waals surface area contributed by atoms with Crippen LogP contribution in [0.4, 0.5) is 16.2 Å². The molecule has 0 aliphatic carbocycles. The van der Waals surface area contributed by atoms with E-state index in [1.54, 1.807) is 13.0 Å². The SMILES string of the molecule is CCC(=O)Nc1ccc(C)c(NC(=O)NC2CCN(C)CC2)c1. The van der Waals surface area contributed by atoms with Gasteiger partial charge in [0.1, 0.15) is 0 Å². The number of piperidine rings is 1. The zero-order valence-corrected chi connectivity index (χ0v) is 14.1. The van der Waals surface area contributed by atoms with Gasteiger partial charge in [0, 0.05) is 23.8 Å². The average Bonchev–Trinajstić information content (AvgIpc) is 2.52. The molecule has 0 saturated carbocycles. The summed E-state index contributed by atoms with van der Waals surface area (Å²) >= 11 is 0. The molecule has 3 N–H and O–H groups in total. The molecule has 0 atom stereocenters. The van der Waals surface area contributed by atoms with Crippen LogP contribution in [0.2, 0.25) is 0 Å². The number of nitrogens with zero attached hydrogens (tertiary/aromatic N) is 1. The Kier molecular flexibility index (Phi) is 5.98. The van der Waals surface area contributed by atoms with Crippen molar-refractivity contribution in [3.63, 3.8) is 0 Å². The van der Waals surface area contributed by atoms with Crippen LogP contribution in [-0.2, 0) is 4.79 Å². The molecule has 1 saturated heterocycles. The van der Waals surface area contributed by atoms with Crippen molar-refractivity contribution in [2.45, 2.75) is 39.2 Å². The number of aryl methyl sites for hydroxylation is 1. The summed E-state index contributed by atoms with van der Waals surface area (Å²) in [7, 11) is 2.09. The molecule has 0 bridgehead atoms. The van der Waals surface area contributed by atoms with E-state index in [1.807, 2.05) is 19.1 Å². The van der Waals surface area contributed by atoms with Gasteiger partial charge in [-0.15, -0.1) is 0 Å². The minimum atomic E-state index is -0.193. The van der Waals surface area contributed by atoms with Crippen molar-refractivity contribution in [3.8, 4) is 0 Å². The van der Waals surface area contributed by atoms with Gasteiger partial charge in [-0.2, -0.15) is 0 Å². The maximum absolute atomic E-state index is 12.2. The third-order valence-corrected chi connectivity index (χ3v) is 4.14. The summed E-state index contributed by atoms with van der Waals surface area (Å²) in [5, 5.41) is 8.71. The molecule has 3 amide bonds. The summed E-state index contributed by atoms with van der Waals surface area (Å²) in [6.45, 7) is 5.74. The lowest BCUT2D eigenvalue weighted by molar-refractivity contribution is -0.115. The average molecular weight is 318 g/mol. The number of benzene rings is 1. The molecule has 6 nitrogen and oxygen atoms in total. The number of hydrogen-bond acceptors (Lipinski definition) is 3. The van der Waals surface area contributed by atoms with Crippen LogP contribution >= 0.6 is 0 Å². The predicted molar refractivity (Wildman–Crippen MR) is 92.8 cm³/mol. The maximum Gasteiger partial charge on any atom is 0.319 e. The molecule has 2 rings (SSSR count). The smallest absolute Gasteiger partial charge is 0.319 e. The minimum absolute atomic E-state index is 0.0458. The Balaban J connectivity index is 1.94. The monoisotopic (exact) mass is 318 g/mol. The highest BCUT2D eigenvalue weighted by Crippen LogP contribution is 2.20. The molecular formula is C17H26N4O2. The van der Waals surface area contributed by atoms with Crippen molar-refractivity contribution in [2.24, 2.45) is 0 Å². The zero-order valence-electron chi connectivity index (χ0n) is 14.1. The number of carbonyl (C=O) groups is 2. The Hall–Kier alpha value is -2.08. The molecule has 1 fully saturated rings. The van der Waals surface area contributed by atoms with Crippen molar-refractivity contribution in [1.29, 1.82) is 0 Å². The standard InChI is InChI=1S/C17H26N4O2/c1-4-16(22)18-14-6-5-12(2)15(11-14)20-17(23)19-13-7-9-21(3)10-8-13/h5-6,11,13H,4,7-10H2,1-3H3,(H,18,22)(H2,19,20,23). The summed E-state index contributed by atoms with van der Waals surface area (Å²) in [5.41, 5.74) is 2.36. The largest absolute Gasteiger partial charge is 0.335 e. The van der Waals surface area contributed by atoms with Gasteiger partial charge < -0.3 is 20.9 Å². The zero-order chi connectivity index (χ0) is 16.8. The Morgan fingerprint density at radius 2 is 1.91 bits per heavy atom. The van der Waals surface area contributed by atoms with Gasteiger partial charge in [-0.05, 0) is 57.6 Å². The molecule has 0 radical (unpaired) electrons. The Morgan fingerprint density at radius 1 is 1.22 bits per heavy atom. The second kappa shape index (κ2) is 7.97. The second-order valence-electron chi connectivity index (χ2n) is 6.11. The van der Waals surface area contributed by atoms with Gasteiger partial charge in [0.2, 0.25) is 5.91 Å². The second-order valence-corrected chi connectivity index (χ2v) is 6.11. The van der Waals surface area contributed by atoms with E-state index in [1.165, 1.54) is 0 Å². The van der Waals surface area contributed by atoms with Crippen molar-refractivity contribution >= 4 is 23.3 Å². The van der Waals surface area contributed by atoms with Gasteiger partial charge in [0.25, 0.3) is 0 Å². The predicted octanol–water partition coefficient (Wildman–Crippen LogP) is 2.56. The van der Waals surface area contributed by atoms with Gasteiger partial charge in [-0.1, -0.05) is 13.0 Å². The van der Waals surface area contributed by atoms with Gasteiger partial charge in [-0.25, -0.2) is 4.79 Å². The number of carbonyl (C=O) groups excluding carboxylic acids is 2. The number of rotatable bonds is 4. The summed E-state index contributed by atoms with van der Waals surface area (Å²) in [4.78, 5) is 25.9. The summed E-state index contributed by atoms with van der Waals surface area (Å²) < 4.78 is 0. The van der Waals surface area contributed by atoms with Crippen LogP contribution in [0.3, 0.4) is 0 Å². The lowest BCUT2D eigenvalue weighted by atomic mass is 10.1. The molecule has 1 aliphatic heterocycles. The maximum atomic E-state index is 12.2. The normalized spacial score (nSPS) is 16.0. The highest BCUT2D eigenvalue weighted by atomic mass is 16.2. The van der Waals surface area contributed by atoms with E-state index in [4.69, 9.17) is 0 Å². The van der Waals surface area contributed by atoms with Crippen LogP contribution in [0.5, 0.6) is 0 Å². The lowest BCUT2D eigenvalue weighted by Crippen LogP contribution is -2.44. The third-order valence-electron chi connectivity index (χ3n) is 4.14. The van der Waals surface area contributed by atoms with Crippen LogP contribution < -0.4 is 16.0 Å². The molecule has 1 aromatic rings. The van der Waals surface area contributed by atoms with Gasteiger partial charge in [0.05, 0.1) is 0 Å². The van der Waals surface area contributed by atoms with E-state index in [-0.39, 0.29) is 18.0 Å². The molecule has 1 aliphatic rings. The van der Waals surface area contributed by atoms with Crippen LogP contribution in [0, 0.1) is 6.92 Å². The number of likely N-dealkylation sites (tertiary alicyclic amines) is 1. The molecular weight excluding hydrogens is 292 g/mol. The number of amides is 3. The van der Waals surface area contributed by atoms with Gasteiger partial charge in [-0.3, -0.25) is 4.79 Å². The van der Waals surface area contributed by atoms with Gasteiger partial charge >= 0.3 is 6.03 Å². The topological polar surface area (TPSA) is 73.5 Å². The molecule has 1 heterocycles. The summed E-state index contributed by atoms with van der Waals surface area (Å²) in [6.07, 6.45) is 2.36. The molecule has 23 heavy (non-hydrogen) atoms. The Morgan fingerprint density at radius 3 is 2.57 bits per heavy atom. The number of hydrogen-bond donors (Lipinski definition) is 3. The first-order valence-electron chi connectivity index (χ1n) is 8.14. The number of anilines is 2. The molecule has 0 aromatic heterocycles. The Bertz CT molecular complexity index is 566. The summed E-state index contributed by atoms with van der Waals surface area (Å²) in [5.74, 6) is -0.0458. The van der Waals surface area contributed by atoms with Crippen LogP contribution in [0.15, 0.2) is 18.2 Å². The molecule has 1 aromatic carbocycles. The van der Waals surface area contributed by atoms with E-state index >= 15 is 0 Å². The van der Waals surface area contributed by atoms with E-state index < -0.39 is 0 Å². The first-order chi connectivity index (χ1) is 11.0. The lowest BCUT2D eigenvalue weighted by Gasteiger charge is -2.29. The van der Waals surface area contributed by atoms with Crippen LogP contribution in [0.25, 0.3) is 0 Å². The van der Waals surface area contributed by atoms with Crippen molar-refractivity contribution in [1.82, 2.24) is 10.2 Å². The quantitative estimate of drug-likeness (QED) is 0.799. The molecule has 126 valence electrons. The third kappa shape index (κ3) is 5.25. The van der Waals surface area contributed by atoms with E-state index in [0.29, 0.717) is 17.8 Å². The van der Waals surface area contributed by atoms with Crippen LogP contribution in [0.1, 0.15) is 31.7 Å². The van der Waals surface area contributed by atoms with Crippen molar-refractivity contribution in [2.75, 3.05) is 30.8 Å². The highest BCUT2D eigenvalue weighted by Gasteiger charge is 2.18. The molecule has 0 unspecified atom stereocenters. The fourth-order valence-corrected chi connectivity index (χ4v) is 2.58. The van der Waals surface area contributed by atoms with Crippen molar-refractivity contribution in [3.05, 3.63) is 23.8 Å². The van der Waals surface area contributed by atoms with Crippen LogP contribution in [-0.4, -0.2) is 43.0 Å². The number of nitrogens with one attached hydrogen (secondary N) is 3. The molecule has 0 spiro atoms. The van der Waals surface area contributed by atoms with Crippen molar-refractivity contribution < 1.29 is 9.59 Å². The highest BCUT2D eigenvalue weighted by molar-refractivity contribution is 5.94. The van der Waals surface area contributed by atoms with Gasteiger partial charge in [0.15, 0.2) is 0 Å². The first kappa shape index (κ1) is 17.3. The fourth-order valence-electron chi connectivity index (χ4n) is 2.58. The first-order valence-corrected chi connectivity index (χ1v) is 8.14. The van der Waals surface area contributed by atoms with E-state index in [0.717, 1.165) is 31.5 Å². The fraction of sp³-hybridized carbons (Fsp3) is 0.529. The Labute approximate surface area is 137 Å². The molecule has 6 heteroatoms. The number of urea groups is 1. The van der Waals surface area contributed by atoms with E-state index in [9.17, 15) is 9.59 Å². The van der Waals surface area contributed by atoms with E-state index in [2.05, 4.69) is 27.9 Å².